The highest BCUT2D eigenvalue weighted by atomic mass is 32.1. The van der Waals surface area contributed by atoms with Crippen LogP contribution in [-0.2, 0) is 17.6 Å². The van der Waals surface area contributed by atoms with Crippen LogP contribution in [0.3, 0.4) is 0 Å². The Morgan fingerprint density at radius 3 is 2.77 bits per heavy atom. The molecule has 1 aromatic carbocycles. The van der Waals surface area contributed by atoms with Crippen molar-refractivity contribution in [1.82, 2.24) is 14.8 Å². The van der Waals surface area contributed by atoms with Crippen molar-refractivity contribution in [2.75, 3.05) is 5.32 Å². The third-order valence-electron chi connectivity index (χ3n) is 4.94. The first kappa shape index (κ1) is 20.4. The Morgan fingerprint density at radius 1 is 1.32 bits per heavy atom. The van der Waals surface area contributed by atoms with E-state index >= 15 is 0 Å². The van der Waals surface area contributed by atoms with E-state index in [1.807, 2.05) is 35.9 Å². The lowest BCUT2D eigenvalue weighted by atomic mass is 9.95. The zero-order chi connectivity index (χ0) is 22.0. The number of aliphatic imine (C=N–C) groups is 1. The van der Waals surface area contributed by atoms with Gasteiger partial charge in [0.1, 0.15) is 0 Å². The molecule has 1 aliphatic rings. The van der Waals surface area contributed by atoms with Crippen molar-refractivity contribution in [1.29, 1.82) is 5.26 Å². The lowest BCUT2D eigenvalue weighted by Gasteiger charge is -2.14. The highest BCUT2D eigenvalue weighted by molar-refractivity contribution is 7.19. The molecule has 154 valence electrons. The van der Waals surface area contributed by atoms with E-state index in [9.17, 15) is 4.79 Å². The second-order valence-electron chi connectivity index (χ2n) is 7.10. The molecule has 1 amide bonds. The monoisotopic (exact) mass is 428 g/mol. The summed E-state index contributed by atoms with van der Waals surface area (Å²) in [6, 6.07) is 9.49. The fourth-order valence-electron chi connectivity index (χ4n) is 3.58. The van der Waals surface area contributed by atoms with Gasteiger partial charge in [0.15, 0.2) is 5.13 Å². The first-order valence-electron chi connectivity index (χ1n) is 9.71. The zero-order valence-electron chi connectivity index (χ0n) is 17.2. The first-order valence-corrected chi connectivity index (χ1v) is 10.5. The number of amides is 1. The number of nitrogens with one attached hydrogen (secondary N) is 1. The molecule has 0 atom stereocenters. The van der Waals surface area contributed by atoms with E-state index in [1.165, 1.54) is 18.3 Å². The molecule has 2 heterocycles. The van der Waals surface area contributed by atoms with Crippen molar-refractivity contribution in [3.8, 4) is 22.3 Å². The Bertz CT molecular complexity index is 1270. The molecule has 0 radical (unpaired) electrons. The molecule has 0 spiro atoms. The lowest BCUT2D eigenvalue weighted by molar-refractivity contribution is -0.114. The molecule has 7 nitrogen and oxygen atoms in total. The third kappa shape index (κ3) is 3.96. The van der Waals surface area contributed by atoms with Gasteiger partial charge in [-0.1, -0.05) is 17.4 Å². The van der Waals surface area contributed by atoms with Gasteiger partial charge in [0.25, 0.3) is 0 Å². The van der Waals surface area contributed by atoms with Gasteiger partial charge in [-0.05, 0) is 62.4 Å². The number of benzene rings is 1. The standard InChI is InChI=1S/C23H20N6OS/c1-14(5-4-12-25-3)20-18-10-11-19-22(31-23(27-19)26-15(2)30)21(18)29(28-20)17-8-6-16(13-24)7-9-17/h4-9,12H,3,10-11H2,1-2H3,(H,26,27,30)/b12-4-,14-5+. The molecule has 3 aromatic rings. The van der Waals surface area contributed by atoms with Crippen LogP contribution in [0.25, 0.3) is 21.8 Å². The van der Waals surface area contributed by atoms with Gasteiger partial charge in [-0.25, -0.2) is 9.67 Å². The summed E-state index contributed by atoms with van der Waals surface area (Å²) in [5.41, 5.74) is 6.46. The molecule has 0 saturated carbocycles. The second-order valence-corrected chi connectivity index (χ2v) is 8.10. The molecule has 1 aliphatic carbocycles. The first-order chi connectivity index (χ1) is 15.0. The smallest absolute Gasteiger partial charge is 0.223 e. The number of rotatable bonds is 5. The molecule has 0 aliphatic heterocycles. The van der Waals surface area contributed by atoms with E-state index in [1.54, 1.807) is 18.3 Å². The number of anilines is 1. The van der Waals surface area contributed by atoms with Crippen LogP contribution in [0.1, 0.15) is 36.4 Å². The van der Waals surface area contributed by atoms with Gasteiger partial charge in [0.05, 0.1) is 39.3 Å². The van der Waals surface area contributed by atoms with Crippen molar-refractivity contribution in [2.45, 2.75) is 26.7 Å². The largest absolute Gasteiger partial charge is 0.302 e. The van der Waals surface area contributed by atoms with E-state index in [-0.39, 0.29) is 5.91 Å². The maximum absolute atomic E-state index is 11.5. The maximum Gasteiger partial charge on any atom is 0.223 e. The van der Waals surface area contributed by atoms with Crippen LogP contribution in [0.4, 0.5) is 5.13 Å². The van der Waals surface area contributed by atoms with Gasteiger partial charge >= 0.3 is 0 Å². The van der Waals surface area contributed by atoms with Gasteiger partial charge in [-0.2, -0.15) is 10.4 Å². The number of hydrogen-bond acceptors (Lipinski definition) is 6. The molecular weight excluding hydrogens is 408 g/mol. The normalized spacial score (nSPS) is 12.9. The Hall–Kier alpha value is -3.83. The average molecular weight is 429 g/mol. The maximum atomic E-state index is 11.5. The number of carbonyl (C=O) groups excluding carboxylic acids is 1. The number of nitriles is 1. The molecular formula is C23H20N6OS. The lowest BCUT2D eigenvalue weighted by Crippen LogP contribution is -2.07. The van der Waals surface area contributed by atoms with Crippen molar-refractivity contribution < 1.29 is 4.79 Å². The summed E-state index contributed by atoms with van der Waals surface area (Å²) < 4.78 is 1.91. The van der Waals surface area contributed by atoms with Crippen LogP contribution in [0, 0.1) is 11.3 Å². The molecule has 0 fully saturated rings. The number of carbonyl (C=O) groups is 1. The number of aryl methyl sites for hydroxylation is 1. The van der Waals surface area contributed by atoms with Crippen LogP contribution in [0.2, 0.25) is 0 Å². The van der Waals surface area contributed by atoms with Crippen molar-refractivity contribution in [3.05, 3.63) is 65.1 Å². The number of aromatic nitrogens is 3. The van der Waals surface area contributed by atoms with Crippen molar-refractivity contribution in [3.63, 3.8) is 0 Å². The van der Waals surface area contributed by atoms with E-state index in [0.29, 0.717) is 10.7 Å². The minimum Gasteiger partial charge on any atom is -0.302 e. The number of nitrogens with zero attached hydrogens (tertiary/aromatic N) is 5. The fraction of sp³-hybridized carbons (Fsp3) is 0.174. The number of fused-ring (bicyclic) bond motifs is 3. The molecule has 1 N–H and O–H groups in total. The topological polar surface area (TPSA) is 96.0 Å². The average Bonchev–Trinajstić information content (AvgIpc) is 3.34. The Balaban J connectivity index is 1.91. The van der Waals surface area contributed by atoms with E-state index in [4.69, 9.17) is 10.4 Å². The van der Waals surface area contributed by atoms with Gasteiger partial charge in [0.2, 0.25) is 5.91 Å². The predicted octanol–water partition coefficient (Wildman–Crippen LogP) is 4.54. The summed E-state index contributed by atoms with van der Waals surface area (Å²) in [5, 5.41) is 17.5. The minimum atomic E-state index is -0.144. The van der Waals surface area contributed by atoms with Crippen LogP contribution in [-0.4, -0.2) is 27.4 Å². The number of hydrogen-bond donors (Lipinski definition) is 1. The SMILES string of the molecule is C=N/C=C\C=C(/C)c1nn(-c2ccc(C#N)cc2)c2c1CCc1nc(NC(C)=O)sc1-2. The molecule has 8 heteroatoms. The molecule has 0 saturated heterocycles. The zero-order valence-corrected chi connectivity index (χ0v) is 18.0. The second kappa shape index (κ2) is 8.50. The van der Waals surface area contributed by atoms with Crippen LogP contribution in [0.5, 0.6) is 0 Å². The highest BCUT2D eigenvalue weighted by Gasteiger charge is 2.29. The highest BCUT2D eigenvalue weighted by Crippen LogP contribution is 2.43. The summed E-state index contributed by atoms with van der Waals surface area (Å²) in [6.07, 6.45) is 7.01. The molecule has 31 heavy (non-hydrogen) atoms. The van der Waals surface area contributed by atoms with Gasteiger partial charge in [0, 0.05) is 18.7 Å². The van der Waals surface area contributed by atoms with E-state index in [2.05, 4.69) is 28.1 Å². The molecule has 4 rings (SSSR count). The van der Waals surface area contributed by atoms with Crippen LogP contribution < -0.4 is 5.32 Å². The molecule has 0 unspecified atom stereocenters. The minimum absolute atomic E-state index is 0.144. The van der Waals surface area contributed by atoms with Crippen molar-refractivity contribution in [2.24, 2.45) is 4.99 Å². The Morgan fingerprint density at radius 2 is 2.10 bits per heavy atom. The predicted molar refractivity (Wildman–Crippen MR) is 123 cm³/mol. The summed E-state index contributed by atoms with van der Waals surface area (Å²) in [4.78, 5) is 20.9. The van der Waals surface area contributed by atoms with Gasteiger partial charge < -0.3 is 5.32 Å². The number of allylic oxidation sites excluding steroid dienone is 3. The quantitative estimate of drug-likeness (QED) is 0.477. The Kier molecular flexibility index (Phi) is 5.60. The molecule has 0 bridgehead atoms. The van der Waals surface area contributed by atoms with Gasteiger partial charge in [-0.15, -0.1) is 0 Å². The van der Waals surface area contributed by atoms with Crippen LogP contribution >= 0.6 is 11.3 Å². The van der Waals surface area contributed by atoms with E-state index < -0.39 is 0 Å². The number of thiazole rings is 1. The summed E-state index contributed by atoms with van der Waals surface area (Å²) >= 11 is 1.46. The molecule has 2 aromatic heterocycles. The summed E-state index contributed by atoms with van der Waals surface area (Å²) in [5.74, 6) is -0.144. The van der Waals surface area contributed by atoms with Crippen molar-refractivity contribution >= 4 is 34.7 Å². The van der Waals surface area contributed by atoms with Gasteiger partial charge in [-0.3, -0.25) is 9.79 Å². The van der Waals surface area contributed by atoms with E-state index in [0.717, 1.165) is 51.6 Å². The summed E-state index contributed by atoms with van der Waals surface area (Å²) in [6.45, 7) is 6.96. The fourth-order valence-corrected chi connectivity index (χ4v) is 4.70. The summed E-state index contributed by atoms with van der Waals surface area (Å²) in [7, 11) is 0. The Labute approximate surface area is 184 Å². The van der Waals surface area contributed by atoms with Crippen LogP contribution in [0.15, 0.2) is 47.6 Å². The third-order valence-corrected chi connectivity index (χ3v) is 5.96.